The summed E-state index contributed by atoms with van der Waals surface area (Å²) in [6.45, 7) is -0.210. The molecule has 1 fully saturated rings. The van der Waals surface area contributed by atoms with Gasteiger partial charge in [0.05, 0.1) is 23.6 Å². The molecule has 22 heavy (non-hydrogen) atoms. The SMILES string of the molecule is COc1ccc(S(=O)(=O)NCCN2C(=O)CNC2=O)cc1Cl. The molecule has 1 aromatic rings. The maximum Gasteiger partial charge on any atom is 0.324 e. The fraction of sp³-hybridized carbons (Fsp3) is 0.333. The van der Waals surface area contributed by atoms with Crippen molar-refractivity contribution in [2.45, 2.75) is 4.90 Å². The quantitative estimate of drug-likeness (QED) is 0.714. The molecular weight excluding hydrogens is 334 g/mol. The number of urea groups is 1. The van der Waals surface area contributed by atoms with E-state index in [9.17, 15) is 18.0 Å². The molecule has 2 rings (SSSR count). The van der Waals surface area contributed by atoms with E-state index in [0.717, 1.165) is 4.90 Å². The van der Waals surface area contributed by atoms with Crippen LogP contribution in [-0.4, -0.2) is 52.0 Å². The van der Waals surface area contributed by atoms with Crippen LogP contribution in [0.1, 0.15) is 0 Å². The van der Waals surface area contributed by atoms with Crippen molar-refractivity contribution in [3.63, 3.8) is 0 Å². The van der Waals surface area contributed by atoms with Gasteiger partial charge in [-0.05, 0) is 18.2 Å². The Morgan fingerprint density at radius 3 is 2.68 bits per heavy atom. The lowest BCUT2D eigenvalue weighted by Crippen LogP contribution is -2.38. The highest BCUT2D eigenvalue weighted by molar-refractivity contribution is 7.89. The van der Waals surface area contributed by atoms with E-state index in [1.807, 2.05) is 0 Å². The molecule has 120 valence electrons. The molecule has 0 bridgehead atoms. The van der Waals surface area contributed by atoms with Gasteiger partial charge < -0.3 is 10.1 Å². The molecule has 0 aliphatic carbocycles. The van der Waals surface area contributed by atoms with Gasteiger partial charge in [-0.25, -0.2) is 17.9 Å². The normalized spacial score (nSPS) is 15.1. The fourth-order valence-corrected chi connectivity index (χ4v) is 3.24. The monoisotopic (exact) mass is 347 g/mol. The second kappa shape index (κ2) is 6.51. The van der Waals surface area contributed by atoms with Gasteiger partial charge in [-0.2, -0.15) is 0 Å². The number of carbonyl (C=O) groups is 2. The maximum absolute atomic E-state index is 12.1. The summed E-state index contributed by atoms with van der Waals surface area (Å²) in [4.78, 5) is 23.6. The van der Waals surface area contributed by atoms with Crippen molar-refractivity contribution in [1.82, 2.24) is 14.9 Å². The molecule has 1 aromatic carbocycles. The molecule has 10 heteroatoms. The van der Waals surface area contributed by atoms with Crippen molar-refractivity contribution in [2.24, 2.45) is 0 Å². The molecule has 1 heterocycles. The van der Waals surface area contributed by atoms with E-state index in [1.54, 1.807) is 0 Å². The van der Waals surface area contributed by atoms with E-state index in [4.69, 9.17) is 16.3 Å². The smallest absolute Gasteiger partial charge is 0.324 e. The third-order valence-corrected chi connectivity index (χ3v) is 4.75. The highest BCUT2D eigenvalue weighted by atomic mass is 35.5. The van der Waals surface area contributed by atoms with Gasteiger partial charge in [-0.1, -0.05) is 11.6 Å². The van der Waals surface area contributed by atoms with Crippen LogP contribution in [-0.2, 0) is 14.8 Å². The minimum absolute atomic E-state index is 0.0319. The van der Waals surface area contributed by atoms with Crippen LogP contribution in [0, 0.1) is 0 Å². The number of nitrogens with zero attached hydrogens (tertiary/aromatic N) is 1. The molecule has 2 N–H and O–H groups in total. The van der Waals surface area contributed by atoms with Crippen molar-refractivity contribution in [3.05, 3.63) is 23.2 Å². The predicted octanol–water partition coefficient (Wildman–Crippen LogP) is 0.179. The van der Waals surface area contributed by atoms with Crippen molar-refractivity contribution in [2.75, 3.05) is 26.7 Å². The number of nitrogens with one attached hydrogen (secondary N) is 2. The Bertz CT molecular complexity index is 691. The standard InChI is InChI=1S/C12H14ClN3O5S/c1-21-10-3-2-8(6-9(10)13)22(19,20)15-4-5-16-11(17)7-14-12(16)18/h2-3,6,15H,4-5,7H2,1H3,(H,14,18). The van der Waals surface area contributed by atoms with Crippen LogP contribution in [0.4, 0.5) is 4.79 Å². The summed E-state index contributed by atoms with van der Waals surface area (Å²) >= 11 is 5.89. The van der Waals surface area contributed by atoms with Crippen LogP contribution in [0.25, 0.3) is 0 Å². The molecule has 8 nitrogen and oxygen atoms in total. The second-order valence-electron chi connectivity index (χ2n) is 4.40. The number of amides is 3. The van der Waals surface area contributed by atoms with E-state index >= 15 is 0 Å². The molecule has 0 radical (unpaired) electrons. The number of hydrogen-bond donors (Lipinski definition) is 2. The van der Waals surface area contributed by atoms with E-state index < -0.39 is 22.0 Å². The minimum Gasteiger partial charge on any atom is -0.495 e. The van der Waals surface area contributed by atoms with Gasteiger partial charge in [0.2, 0.25) is 15.9 Å². The van der Waals surface area contributed by atoms with Crippen LogP contribution < -0.4 is 14.8 Å². The summed E-state index contributed by atoms with van der Waals surface area (Å²) in [5.74, 6) is -0.0309. The molecule has 1 saturated heterocycles. The average Bonchev–Trinajstić information content (AvgIpc) is 2.78. The molecule has 0 aromatic heterocycles. The first-order chi connectivity index (χ1) is 10.3. The lowest BCUT2D eigenvalue weighted by atomic mass is 10.3. The lowest BCUT2D eigenvalue weighted by molar-refractivity contribution is -0.124. The van der Waals surface area contributed by atoms with Crippen LogP contribution in [0.2, 0.25) is 5.02 Å². The van der Waals surface area contributed by atoms with Gasteiger partial charge in [0.1, 0.15) is 5.75 Å². The summed E-state index contributed by atoms with van der Waals surface area (Å²) in [6, 6.07) is 3.52. The molecule has 1 aliphatic heterocycles. The number of ether oxygens (including phenoxy) is 1. The summed E-state index contributed by atoms with van der Waals surface area (Å²) < 4.78 is 31.5. The number of hydrogen-bond acceptors (Lipinski definition) is 5. The van der Waals surface area contributed by atoms with Crippen molar-refractivity contribution >= 4 is 33.6 Å². The van der Waals surface area contributed by atoms with Gasteiger partial charge in [0.25, 0.3) is 0 Å². The summed E-state index contributed by atoms with van der Waals surface area (Å²) in [5, 5.41) is 2.51. The van der Waals surface area contributed by atoms with E-state index in [2.05, 4.69) is 10.0 Å². The third kappa shape index (κ3) is 3.49. The third-order valence-electron chi connectivity index (χ3n) is 3.00. The number of methoxy groups -OCH3 is 1. The zero-order chi connectivity index (χ0) is 16.3. The zero-order valence-electron chi connectivity index (χ0n) is 11.6. The molecule has 1 aliphatic rings. The van der Waals surface area contributed by atoms with Crippen LogP contribution in [0.15, 0.2) is 23.1 Å². The first-order valence-corrected chi connectivity index (χ1v) is 8.12. The minimum atomic E-state index is -3.79. The average molecular weight is 348 g/mol. The number of imide groups is 1. The number of rotatable bonds is 6. The van der Waals surface area contributed by atoms with Gasteiger partial charge in [-0.3, -0.25) is 9.69 Å². The summed E-state index contributed by atoms with van der Waals surface area (Å²) in [7, 11) is -2.37. The van der Waals surface area contributed by atoms with Crippen molar-refractivity contribution < 1.29 is 22.7 Å². The number of halogens is 1. The van der Waals surface area contributed by atoms with Crippen LogP contribution in [0.3, 0.4) is 0 Å². The Balaban J connectivity index is 2.01. The molecule has 0 atom stereocenters. The fourth-order valence-electron chi connectivity index (χ4n) is 1.87. The second-order valence-corrected chi connectivity index (χ2v) is 6.57. The van der Waals surface area contributed by atoms with Gasteiger partial charge in [0.15, 0.2) is 0 Å². The maximum atomic E-state index is 12.1. The van der Waals surface area contributed by atoms with Gasteiger partial charge in [0, 0.05) is 13.1 Å². The summed E-state index contributed by atoms with van der Waals surface area (Å²) in [6.07, 6.45) is 0. The van der Waals surface area contributed by atoms with Gasteiger partial charge in [-0.15, -0.1) is 0 Å². The Morgan fingerprint density at radius 2 is 2.14 bits per heavy atom. The Kier molecular flexibility index (Phi) is 4.89. The van der Waals surface area contributed by atoms with Crippen LogP contribution in [0.5, 0.6) is 5.75 Å². The number of sulfonamides is 1. The van der Waals surface area contributed by atoms with E-state index in [0.29, 0.717) is 5.75 Å². The molecule has 0 saturated carbocycles. The Morgan fingerprint density at radius 1 is 1.41 bits per heavy atom. The van der Waals surface area contributed by atoms with Gasteiger partial charge >= 0.3 is 6.03 Å². The Labute approximate surface area is 132 Å². The first kappa shape index (κ1) is 16.5. The predicted molar refractivity (Wildman–Crippen MR) is 78.3 cm³/mol. The first-order valence-electron chi connectivity index (χ1n) is 6.26. The largest absolute Gasteiger partial charge is 0.495 e. The van der Waals surface area contributed by atoms with Crippen molar-refractivity contribution in [1.29, 1.82) is 0 Å². The molecule has 0 unspecified atom stereocenters. The number of benzene rings is 1. The molecule has 0 spiro atoms. The zero-order valence-corrected chi connectivity index (χ0v) is 13.2. The highest BCUT2D eigenvalue weighted by Crippen LogP contribution is 2.26. The van der Waals surface area contributed by atoms with E-state index in [1.165, 1.54) is 25.3 Å². The van der Waals surface area contributed by atoms with Crippen LogP contribution >= 0.6 is 11.6 Å². The lowest BCUT2D eigenvalue weighted by Gasteiger charge is -2.13. The molecular formula is C12H14ClN3O5S. The number of carbonyl (C=O) groups excluding carboxylic acids is 2. The van der Waals surface area contributed by atoms with E-state index in [-0.39, 0.29) is 29.6 Å². The highest BCUT2D eigenvalue weighted by Gasteiger charge is 2.28. The Hall–Kier alpha value is -1.84. The summed E-state index contributed by atoms with van der Waals surface area (Å²) in [5.41, 5.74) is 0. The molecule has 3 amide bonds. The van der Waals surface area contributed by atoms with Crippen molar-refractivity contribution in [3.8, 4) is 5.75 Å². The topological polar surface area (TPSA) is 105 Å².